The highest BCUT2D eigenvalue weighted by atomic mass is 79.9. The predicted octanol–water partition coefficient (Wildman–Crippen LogP) is 3.63. The Bertz CT molecular complexity index is 770. The van der Waals surface area contributed by atoms with Crippen LogP contribution in [0.4, 0.5) is 24.0 Å². The molecule has 1 aromatic carbocycles. The minimum Gasteiger partial charge on any atom is -0.325 e. The molecule has 12 heteroatoms. The van der Waals surface area contributed by atoms with E-state index in [4.69, 9.17) is 0 Å². The number of amides is 2. The molecule has 2 aromatic rings. The number of aromatic nitrogens is 2. The van der Waals surface area contributed by atoms with Crippen molar-refractivity contribution in [3.05, 3.63) is 33.7 Å². The van der Waals surface area contributed by atoms with Crippen LogP contribution in [0.2, 0.25) is 0 Å². The third-order valence-electron chi connectivity index (χ3n) is 2.49. The van der Waals surface area contributed by atoms with Crippen LogP contribution in [0.3, 0.4) is 0 Å². The van der Waals surface area contributed by atoms with Crippen molar-refractivity contribution in [2.45, 2.75) is 6.18 Å². The van der Waals surface area contributed by atoms with Crippen LogP contribution < -0.4 is 10.6 Å². The molecule has 0 radical (unpaired) electrons. The molecule has 1 aromatic heterocycles. The normalized spacial score (nSPS) is 11.2. The summed E-state index contributed by atoms with van der Waals surface area (Å²) < 4.78 is 37.9. The van der Waals surface area contributed by atoms with Crippen molar-refractivity contribution >= 4 is 61.7 Å². The Morgan fingerprint density at radius 2 is 1.84 bits per heavy atom. The van der Waals surface area contributed by atoms with E-state index in [-0.39, 0.29) is 33.9 Å². The van der Waals surface area contributed by atoms with Gasteiger partial charge >= 0.3 is 6.18 Å². The van der Waals surface area contributed by atoms with E-state index in [0.29, 0.717) is 5.69 Å². The number of hydrogen-bond acceptors (Lipinski definition) is 6. The highest BCUT2D eigenvalue weighted by Crippen LogP contribution is 2.32. The van der Waals surface area contributed by atoms with Gasteiger partial charge in [0.25, 0.3) is 0 Å². The van der Waals surface area contributed by atoms with Gasteiger partial charge in [-0.15, -0.1) is 22.0 Å². The minimum absolute atomic E-state index is 0.0177. The Labute approximate surface area is 156 Å². The molecule has 1 heterocycles. The number of hydrogen-bond donors (Lipinski definition) is 2. The summed E-state index contributed by atoms with van der Waals surface area (Å²) in [5.74, 6) is -0.951. The van der Waals surface area contributed by atoms with Crippen LogP contribution in [0.1, 0.15) is 5.01 Å². The lowest BCUT2D eigenvalue weighted by Crippen LogP contribution is -2.18. The second kappa shape index (κ2) is 8.63. The molecule has 2 amide bonds. The fraction of sp³-hybridized carbons (Fsp3) is 0.231. The van der Waals surface area contributed by atoms with Gasteiger partial charge in [0.1, 0.15) is 0 Å². The van der Waals surface area contributed by atoms with Crippen molar-refractivity contribution in [3.63, 3.8) is 0 Å². The summed E-state index contributed by atoms with van der Waals surface area (Å²) in [4.78, 5) is 23.4. The topological polar surface area (TPSA) is 84.0 Å². The Morgan fingerprint density at radius 1 is 1.16 bits per heavy atom. The van der Waals surface area contributed by atoms with Crippen LogP contribution >= 0.6 is 39.0 Å². The maximum absolute atomic E-state index is 12.4. The average Bonchev–Trinajstić information content (AvgIpc) is 2.95. The second-order valence-corrected chi connectivity index (χ2v) is 7.39. The first-order valence-corrected chi connectivity index (χ1v) is 9.34. The molecule has 0 fully saturated rings. The van der Waals surface area contributed by atoms with Crippen molar-refractivity contribution in [3.8, 4) is 0 Å². The zero-order chi connectivity index (χ0) is 18.4. The fourth-order valence-corrected chi connectivity index (χ4v) is 3.19. The summed E-state index contributed by atoms with van der Waals surface area (Å²) in [6, 6.07) is 7.01. The number of rotatable bonds is 6. The van der Waals surface area contributed by atoms with Gasteiger partial charge in [0.15, 0.2) is 0 Å². The molecule has 0 bridgehead atoms. The Balaban J connectivity index is 1.73. The first kappa shape index (κ1) is 19.7. The SMILES string of the molecule is O=C(CSCC(=O)Nc1nnc(C(F)(F)F)s1)Nc1cccc(Br)c1. The van der Waals surface area contributed by atoms with E-state index < -0.39 is 17.1 Å². The van der Waals surface area contributed by atoms with Gasteiger partial charge in [0, 0.05) is 10.2 Å². The quantitative estimate of drug-likeness (QED) is 0.695. The summed E-state index contributed by atoms with van der Waals surface area (Å²) in [6.07, 6.45) is -4.60. The number of benzene rings is 1. The van der Waals surface area contributed by atoms with E-state index in [2.05, 4.69) is 36.8 Å². The lowest BCUT2D eigenvalue weighted by atomic mass is 10.3. The van der Waals surface area contributed by atoms with Crippen molar-refractivity contribution in [2.75, 3.05) is 22.1 Å². The lowest BCUT2D eigenvalue weighted by molar-refractivity contribution is -0.138. The highest BCUT2D eigenvalue weighted by Gasteiger charge is 2.35. The molecule has 0 aliphatic carbocycles. The smallest absolute Gasteiger partial charge is 0.325 e. The van der Waals surface area contributed by atoms with Crippen LogP contribution in [0.5, 0.6) is 0 Å². The maximum atomic E-state index is 12.4. The molecule has 134 valence electrons. The molecular weight excluding hydrogens is 445 g/mol. The third kappa shape index (κ3) is 6.63. The summed E-state index contributed by atoms with van der Waals surface area (Å²) in [5.41, 5.74) is 0.609. The summed E-state index contributed by atoms with van der Waals surface area (Å²) >= 11 is 4.54. The molecule has 2 rings (SSSR count). The number of halogens is 4. The number of carbonyl (C=O) groups is 2. The van der Waals surface area contributed by atoms with E-state index in [1.54, 1.807) is 18.2 Å². The third-order valence-corrected chi connectivity index (χ3v) is 4.80. The van der Waals surface area contributed by atoms with Gasteiger partial charge in [-0.05, 0) is 18.2 Å². The molecule has 0 spiro atoms. The first-order valence-electron chi connectivity index (χ1n) is 6.58. The molecule has 0 atom stereocenters. The minimum atomic E-state index is -4.60. The molecule has 0 aliphatic rings. The summed E-state index contributed by atoms with van der Waals surface area (Å²) in [7, 11) is 0. The van der Waals surface area contributed by atoms with Crippen molar-refractivity contribution in [1.29, 1.82) is 0 Å². The van der Waals surface area contributed by atoms with E-state index >= 15 is 0 Å². The van der Waals surface area contributed by atoms with Gasteiger partial charge in [-0.25, -0.2) is 0 Å². The number of thioether (sulfide) groups is 1. The zero-order valence-electron chi connectivity index (χ0n) is 12.3. The lowest BCUT2D eigenvalue weighted by Gasteiger charge is -2.05. The van der Waals surface area contributed by atoms with Crippen molar-refractivity contribution < 1.29 is 22.8 Å². The van der Waals surface area contributed by atoms with Crippen LogP contribution in [-0.4, -0.2) is 33.5 Å². The van der Waals surface area contributed by atoms with E-state index in [1.165, 1.54) is 0 Å². The molecular formula is C13H10BrF3N4O2S2. The number of alkyl halides is 3. The molecule has 0 aliphatic heterocycles. The fourth-order valence-electron chi connectivity index (χ4n) is 1.54. The molecule has 2 N–H and O–H groups in total. The molecule has 0 saturated carbocycles. The number of carbonyl (C=O) groups excluding carboxylic acids is 2. The van der Waals surface area contributed by atoms with E-state index in [0.717, 1.165) is 16.2 Å². The van der Waals surface area contributed by atoms with Gasteiger partial charge in [0.05, 0.1) is 11.5 Å². The number of nitrogens with one attached hydrogen (secondary N) is 2. The maximum Gasteiger partial charge on any atom is 0.445 e. The van der Waals surface area contributed by atoms with Gasteiger partial charge < -0.3 is 5.32 Å². The summed E-state index contributed by atoms with van der Waals surface area (Å²) in [6.45, 7) is 0. The monoisotopic (exact) mass is 454 g/mol. The number of nitrogens with zero attached hydrogens (tertiary/aromatic N) is 2. The van der Waals surface area contributed by atoms with Crippen molar-refractivity contribution in [2.24, 2.45) is 0 Å². The van der Waals surface area contributed by atoms with Crippen LogP contribution in [0.15, 0.2) is 28.7 Å². The molecule has 0 unspecified atom stereocenters. The Morgan fingerprint density at radius 3 is 2.44 bits per heavy atom. The zero-order valence-corrected chi connectivity index (χ0v) is 15.5. The summed E-state index contributed by atoms with van der Waals surface area (Å²) in [5, 5.41) is 9.71. The Hall–Kier alpha value is -1.66. The van der Waals surface area contributed by atoms with Crippen molar-refractivity contribution in [1.82, 2.24) is 10.2 Å². The highest BCUT2D eigenvalue weighted by molar-refractivity contribution is 9.10. The molecule has 6 nitrogen and oxygen atoms in total. The van der Waals surface area contributed by atoms with Gasteiger partial charge in [-0.2, -0.15) is 13.2 Å². The number of anilines is 2. The van der Waals surface area contributed by atoms with Crippen LogP contribution in [0, 0.1) is 0 Å². The van der Waals surface area contributed by atoms with Gasteiger partial charge in [-0.1, -0.05) is 33.3 Å². The van der Waals surface area contributed by atoms with Gasteiger partial charge in [-0.3, -0.25) is 14.9 Å². The molecule has 25 heavy (non-hydrogen) atoms. The predicted molar refractivity (Wildman–Crippen MR) is 93.6 cm³/mol. The van der Waals surface area contributed by atoms with Crippen LogP contribution in [0.25, 0.3) is 0 Å². The Kier molecular flexibility index (Phi) is 6.79. The second-order valence-electron chi connectivity index (χ2n) is 4.51. The standard InChI is InChI=1S/C13H10BrF3N4O2S2/c14-7-2-1-3-8(4-7)18-9(22)5-24-6-10(23)19-12-21-20-11(25-12)13(15,16)17/h1-4H,5-6H2,(H,18,22)(H,19,21,23). The van der Waals surface area contributed by atoms with Gasteiger partial charge in [0.2, 0.25) is 22.0 Å². The van der Waals surface area contributed by atoms with E-state index in [1.807, 2.05) is 6.07 Å². The molecule has 0 saturated heterocycles. The van der Waals surface area contributed by atoms with Crippen LogP contribution in [-0.2, 0) is 15.8 Å². The average molecular weight is 455 g/mol. The first-order chi connectivity index (χ1) is 11.7. The largest absolute Gasteiger partial charge is 0.445 e. The van der Waals surface area contributed by atoms with E-state index in [9.17, 15) is 22.8 Å².